The molecule has 0 aliphatic carbocycles. The summed E-state index contributed by atoms with van der Waals surface area (Å²) in [7, 11) is 0. The van der Waals surface area contributed by atoms with E-state index in [0.717, 1.165) is 0 Å². The zero-order valence-corrected chi connectivity index (χ0v) is 7.16. The van der Waals surface area contributed by atoms with E-state index in [1.807, 2.05) is 0 Å². The second-order valence-electron chi connectivity index (χ2n) is 0. The second kappa shape index (κ2) is 21.8. The molecule has 0 radical (unpaired) electrons. The smallest absolute Gasteiger partial charge is 0.512 e. The minimum Gasteiger partial charge on any atom is -0.512 e. The van der Waals surface area contributed by atoms with Gasteiger partial charge < -0.3 is 11.8 Å². The van der Waals surface area contributed by atoms with Crippen LogP contribution in [0.25, 0.3) is 0 Å². The van der Waals surface area contributed by atoms with Gasteiger partial charge in [0.15, 0.2) is 0 Å². The fourth-order valence-electron chi connectivity index (χ4n) is 0. The van der Waals surface area contributed by atoms with Crippen molar-refractivity contribution in [1.82, 2.24) is 0 Å². The quantitative estimate of drug-likeness (QED) is 0.280. The molecule has 1 nitrogen and oxygen atoms in total. The number of rotatable bonds is 0. The molecule has 0 rings (SSSR count). The summed E-state index contributed by atoms with van der Waals surface area (Å²) in [6, 6.07) is 0. The van der Waals surface area contributed by atoms with Crippen LogP contribution in [0.1, 0.15) is 0 Å². The van der Waals surface area contributed by atoms with E-state index in [0.29, 0.717) is 0 Å². The molecule has 0 saturated carbocycles. The third-order valence-corrected chi connectivity index (χ3v) is 0. The molecular formula is CKNRu+2. The van der Waals surface area contributed by atoms with Crippen molar-refractivity contribution in [2.45, 2.75) is 0 Å². The van der Waals surface area contributed by atoms with Gasteiger partial charge in [-0.05, 0) is 0 Å². The molecule has 0 saturated heterocycles. The second-order valence-corrected chi connectivity index (χ2v) is 0. The van der Waals surface area contributed by atoms with Gasteiger partial charge in [0.2, 0.25) is 0 Å². The molecular weight excluding hydrogens is 166 g/mol. The van der Waals surface area contributed by atoms with Crippen molar-refractivity contribution in [3.63, 3.8) is 0 Å². The maximum absolute atomic E-state index is 6.25. The fourth-order valence-corrected chi connectivity index (χ4v) is 0. The van der Waals surface area contributed by atoms with Crippen LogP contribution in [-0.4, -0.2) is 0 Å². The van der Waals surface area contributed by atoms with Crippen molar-refractivity contribution >= 4 is 0 Å². The Kier molecular flexibility index (Phi) is 93.6. The summed E-state index contributed by atoms with van der Waals surface area (Å²) < 4.78 is 0. The molecule has 0 fully saturated rings. The van der Waals surface area contributed by atoms with Crippen LogP contribution < -0.4 is 51.4 Å². The largest absolute Gasteiger partial charge is 2.00 e. The third-order valence-electron chi connectivity index (χ3n) is 0. The fraction of sp³-hybridized carbons (Fsp3) is 0. The molecule has 0 aromatic carbocycles. The van der Waals surface area contributed by atoms with E-state index < -0.39 is 0 Å². The van der Waals surface area contributed by atoms with E-state index in [4.69, 9.17) is 11.8 Å². The average Bonchev–Trinajstić information content (AvgIpc) is 1.00. The summed E-state index contributed by atoms with van der Waals surface area (Å²) >= 11 is 0. The molecule has 0 aliphatic heterocycles. The van der Waals surface area contributed by atoms with Crippen LogP contribution in [0.15, 0.2) is 0 Å². The van der Waals surface area contributed by atoms with Gasteiger partial charge in [0, 0.05) is 0 Å². The van der Waals surface area contributed by atoms with Gasteiger partial charge in [-0.25, -0.2) is 0 Å². The first-order valence-corrected chi connectivity index (χ1v) is 0.224. The Hall–Kier alpha value is 1.75. The molecule has 0 spiro atoms. The molecule has 4 heavy (non-hydrogen) atoms. The van der Waals surface area contributed by atoms with Crippen molar-refractivity contribution in [2.75, 3.05) is 0 Å². The van der Waals surface area contributed by atoms with Crippen LogP contribution in [0.4, 0.5) is 0 Å². The van der Waals surface area contributed by atoms with Crippen LogP contribution >= 0.6 is 0 Å². The Balaban J connectivity index is -0.00000000500. The molecule has 16 valence electrons. The van der Waals surface area contributed by atoms with Crippen molar-refractivity contribution in [3.8, 4) is 0 Å². The maximum atomic E-state index is 6.25. The standard InChI is InChI=1S/CN.K.Ru/c1-2;;/q-1;+1;+2. The van der Waals surface area contributed by atoms with Crippen LogP contribution in [0.3, 0.4) is 0 Å². The molecule has 0 heterocycles. The minimum atomic E-state index is 0. The molecule has 0 aliphatic rings. The zero-order valence-electron chi connectivity index (χ0n) is 2.30. The molecule has 0 unspecified atom stereocenters. The van der Waals surface area contributed by atoms with Gasteiger partial charge in [-0.2, -0.15) is 0 Å². The summed E-state index contributed by atoms with van der Waals surface area (Å²) in [4.78, 5) is 0. The zero-order chi connectivity index (χ0) is 2.00. The average molecular weight is 166 g/mol. The summed E-state index contributed by atoms with van der Waals surface area (Å²) in [6.07, 6.45) is 0. The van der Waals surface area contributed by atoms with Crippen molar-refractivity contribution < 1.29 is 70.9 Å². The van der Waals surface area contributed by atoms with Crippen LogP contribution in [0.2, 0.25) is 0 Å². The van der Waals surface area contributed by atoms with Crippen LogP contribution in [-0.2, 0) is 19.5 Å². The van der Waals surface area contributed by atoms with Gasteiger partial charge >= 0.3 is 70.9 Å². The van der Waals surface area contributed by atoms with Crippen molar-refractivity contribution in [1.29, 1.82) is 5.26 Å². The van der Waals surface area contributed by atoms with E-state index >= 15 is 0 Å². The monoisotopic (exact) mass is 167 g/mol. The summed E-state index contributed by atoms with van der Waals surface area (Å²) in [6.45, 7) is 4.75. The third kappa shape index (κ3) is 9.26. The summed E-state index contributed by atoms with van der Waals surface area (Å²) in [5.41, 5.74) is 0. The van der Waals surface area contributed by atoms with E-state index in [9.17, 15) is 0 Å². The first kappa shape index (κ1) is 17.2. The molecule has 3 heteroatoms. The van der Waals surface area contributed by atoms with E-state index in [1.54, 1.807) is 0 Å². The minimum absolute atomic E-state index is 0. The molecule has 0 bridgehead atoms. The number of hydrogen-bond acceptors (Lipinski definition) is 1. The van der Waals surface area contributed by atoms with Crippen molar-refractivity contribution in [3.05, 3.63) is 6.57 Å². The molecule has 0 N–H and O–H groups in total. The van der Waals surface area contributed by atoms with Crippen molar-refractivity contribution in [2.24, 2.45) is 0 Å². The van der Waals surface area contributed by atoms with E-state index in [-0.39, 0.29) is 70.9 Å². The predicted octanol–water partition coefficient (Wildman–Crippen LogP) is -2.90. The normalized spacial score (nSPS) is 0.500. The Labute approximate surface area is 80.9 Å². The molecule has 0 aromatic heterocycles. The Bertz CT molecular complexity index is 12.8. The maximum Gasteiger partial charge on any atom is 2.00 e. The SMILES string of the molecule is [C-]#N.[K+].[Ru+2]. The van der Waals surface area contributed by atoms with E-state index in [2.05, 4.69) is 0 Å². The van der Waals surface area contributed by atoms with E-state index in [1.165, 1.54) is 0 Å². The Morgan fingerprint density at radius 3 is 1.25 bits per heavy atom. The number of nitrogens with zero attached hydrogens (tertiary/aromatic N) is 1. The summed E-state index contributed by atoms with van der Waals surface area (Å²) in [5, 5.41) is 6.25. The first-order chi connectivity index (χ1) is 1.00. The van der Waals surface area contributed by atoms with Gasteiger partial charge in [-0.3, -0.25) is 0 Å². The van der Waals surface area contributed by atoms with Gasteiger partial charge in [0.25, 0.3) is 0 Å². The Morgan fingerprint density at radius 1 is 1.25 bits per heavy atom. The molecule has 0 atom stereocenters. The first-order valence-electron chi connectivity index (χ1n) is 0.224. The predicted molar refractivity (Wildman–Crippen MR) is 4.97 cm³/mol. The molecule has 0 aromatic rings. The van der Waals surface area contributed by atoms with Crippen LogP contribution in [0, 0.1) is 11.8 Å². The van der Waals surface area contributed by atoms with Gasteiger partial charge in [0.05, 0.1) is 0 Å². The number of hydrogen-bond donors (Lipinski definition) is 0. The topological polar surface area (TPSA) is 23.8 Å². The van der Waals surface area contributed by atoms with Gasteiger partial charge in [-0.15, -0.1) is 0 Å². The summed E-state index contributed by atoms with van der Waals surface area (Å²) in [5.74, 6) is 0. The Morgan fingerprint density at radius 2 is 1.25 bits per heavy atom. The van der Waals surface area contributed by atoms with Gasteiger partial charge in [-0.1, -0.05) is 0 Å². The molecule has 0 amide bonds. The van der Waals surface area contributed by atoms with Crippen LogP contribution in [0.5, 0.6) is 0 Å². The van der Waals surface area contributed by atoms with Gasteiger partial charge in [0.1, 0.15) is 0 Å².